The van der Waals surface area contributed by atoms with Gasteiger partial charge in [-0.2, -0.15) is 0 Å². The zero-order valence-corrected chi connectivity index (χ0v) is 8.89. The first-order valence-corrected chi connectivity index (χ1v) is 5.25. The van der Waals surface area contributed by atoms with Gasteiger partial charge in [0.15, 0.2) is 0 Å². The third-order valence-corrected chi connectivity index (χ3v) is 2.59. The van der Waals surface area contributed by atoms with E-state index in [1.54, 1.807) is 12.1 Å². The van der Waals surface area contributed by atoms with Gasteiger partial charge >= 0.3 is 0 Å². The normalized spacial score (nSPS) is 10.6. The molecule has 0 spiro atoms. The van der Waals surface area contributed by atoms with E-state index >= 15 is 0 Å². The highest BCUT2D eigenvalue weighted by molar-refractivity contribution is 5.42. The summed E-state index contributed by atoms with van der Waals surface area (Å²) in [7, 11) is 0. The van der Waals surface area contributed by atoms with Crippen molar-refractivity contribution in [2.45, 2.75) is 26.7 Å². The summed E-state index contributed by atoms with van der Waals surface area (Å²) in [6.07, 6.45) is 2.37. The molecule has 78 valence electrons. The maximum atomic E-state index is 12.6. The Morgan fingerprint density at radius 1 is 1.14 bits per heavy atom. The Hall–Kier alpha value is -1.05. The lowest BCUT2D eigenvalue weighted by molar-refractivity contribution is 0.519. The number of hydrogen-bond acceptors (Lipinski definition) is 1. The lowest BCUT2D eigenvalue weighted by Crippen LogP contribution is -2.12. The van der Waals surface area contributed by atoms with E-state index in [0.29, 0.717) is 5.92 Å². The van der Waals surface area contributed by atoms with Crippen LogP contribution in [0.5, 0.6) is 0 Å². The Morgan fingerprint density at radius 3 is 2.21 bits per heavy atom. The third kappa shape index (κ3) is 3.36. The van der Waals surface area contributed by atoms with Crippen LogP contribution in [-0.2, 0) is 0 Å². The van der Waals surface area contributed by atoms with E-state index in [1.807, 2.05) is 0 Å². The molecule has 0 atom stereocenters. The first kappa shape index (κ1) is 11.0. The van der Waals surface area contributed by atoms with E-state index in [9.17, 15) is 4.39 Å². The number of benzene rings is 1. The molecule has 1 nitrogen and oxygen atoms in total. The molecule has 0 aliphatic carbocycles. The molecule has 0 aliphatic rings. The van der Waals surface area contributed by atoms with Gasteiger partial charge < -0.3 is 5.32 Å². The smallest absolute Gasteiger partial charge is 0.123 e. The number of hydrogen-bond donors (Lipinski definition) is 1. The second kappa shape index (κ2) is 5.63. The summed E-state index contributed by atoms with van der Waals surface area (Å²) in [5.74, 6) is 0.526. The molecule has 1 aromatic carbocycles. The number of nitrogens with one attached hydrogen (secondary N) is 1. The molecule has 0 radical (unpaired) electrons. The monoisotopic (exact) mass is 195 g/mol. The van der Waals surface area contributed by atoms with Crippen LogP contribution in [0.25, 0.3) is 0 Å². The standard InChI is InChI=1S/C12H18FN/c1-3-10(4-2)9-14-12-7-5-11(13)6-8-12/h5-8,10,14H,3-4,9H2,1-2H3. The van der Waals surface area contributed by atoms with Crippen LogP contribution in [0.2, 0.25) is 0 Å². The average molecular weight is 195 g/mol. The minimum absolute atomic E-state index is 0.182. The lowest BCUT2D eigenvalue weighted by Gasteiger charge is -2.14. The second-order valence-electron chi connectivity index (χ2n) is 3.57. The van der Waals surface area contributed by atoms with Crippen LogP contribution in [0.3, 0.4) is 0 Å². The summed E-state index contributed by atoms with van der Waals surface area (Å²) in [6, 6.07) is 6.51. The first-order chi connectivity index (χ1) is 6.76. The largest absolute Gasteiger partial charge is 0.385 e. The Kier molecular flexibility index (Phi) is 4.44. The predicted molar refractivity (Wildman–Crippen MR) is 59.0 cm³/mol. The second-order valence-corrected chi connectivity index (χ2v) is 3.57. The summed E-state index contributed by atoms with van der Waals surface area (Å²) in [5.41, 5.74) is 0.998. The van der Waals surface area contributed by atoms with Gasteiger partial charge in [0, 0.05) is 12.2 Å². The fourth-order valence-electron chi connectivity index (χ4n) is 1.41. The molecule has 1 rings (SSSR count). The zero-order valence-electron chi connectivity index (χ0n) is 8.89. The predicted octanol–water partition coefficient (Wildman–Crippen LogP) is 3.67. The molecule has 2 heteroatoms. The van der Waals surface area contributed by atoms with Crippen molar-refractivity contribution in [1.29, 1.82) is 0 Å². The van der Waals surface area contributed by atoms with Crippen LogP contribution in [0.1, 0.15) is 26.7 Å². The van der Waals surface area contributed by atoms with E-state index in [0.717, 1.165) is 12.2 Å². The van der Waals surface area contributed by atoms with E-state index < -0.39 is 0 Å². The van der Waals surface area contributed by atoms with Crippen molar-refractivity contribution in [3.8, 4) is 0 Å². The van der Waals surface area contributed by atoms with Gasteiger partial charge in [-0.3, -0.25) is 0 Å². The highest BCUT2D eigenvalue weighted by Gasteiger charge is 2.02. The Balaban J connectivity index is 2.41. The Morgan fingerprint density at radius 2 is 1.71 bits per heavy atom. The highest BCUT2D eigenvalue weighted by atomic mass is 19.1. The molecule has 1 aromatic rings. The number of anilines is 1. The van der Waals surface area contributed by atoms with Gasteiger partial charge in [0.2, 0.25) is 0 Å². The molecular weight excluding hydrogens is 177 g/mol. The van der Waals surface area contributed by atoms with Crippen molar-refractivity contribution in [3.63, 3.8) is 0 Å². The maximum Gasteiger partial charge on any atom is 0.123 e. The molecule has 0 heterocycles. The molecule has 0 saturated heterocycles. The molecule has 14 heavy (non-hydrogen) atoms. The third-order valence-electron chi connectivity index (χ3n) is 2.59. The summed E-state index contributed by atoms with van der Waals surface area (Å²) in [6.45, 7) is 5.36. The zero-order chi connectivity index (χ0) is 10.4. The molecule has 0 aromatic heterocycles. The van der Waals surface area contributed by atoms with Gasteiger partial charge in [-0.05, 0) is 30.2 Å². The summed E-state index contributed by atoms with van der Waals surface area (Å²) >= 11 is 0. The van der Waals surface area contributed by atoms with Gasteiger partial charge in [0.25, 0.3) is 0 Å². The molecule has 0 fully saturated rings. The van der Waals surface area contributed by atoms with Gasteiger partial charge in [-0.15, -0.1) is 0 Å². The number of rotatable bonds is 5. The highest BCUT2D eigenvalue weighted by Crippen LogP contribution is 2.12. The van der Waals surface area contributed by atoms with E-state index in [2.05, 4.69) is 19.2 Å². The van der Waals surface area contributed by atoms with Crippen molar-refractivity contribution in [2.75, 3.05) is 11.9 Å². The van der Waals surface area contributed by atoms with Crippen molar-refractivity contribution in [3.05, 3.63) is 30.1 Å². The maximum absolute atomic E-state index is 12.6. The van der Waals surface area contributed by atoms with Gasteiger partial charge in [0.05, 0.1) is 0 Å². The van der Waals surface area contributed by atoms with Crippen molar-refractivity contribution >= 4 is 5.69 Å². The van der Waals surface area contributed by atoms with Gasteiger partial charge in [-0.1, -0.05) is 26.7 Å². The van der Waals surface area contributed by atoms with E-state index in [4.69, 9.17) is 0 Å². The quantitative estimate of drug-likeness (QED) is 0.755. The molecule has 1 N–H and O–H groups in total. The minimum Gasteiger partial charge on any atom is -0.385 e. The van der Waals surface area contributed by atoms with Crippen LogP contribution < -0.4 is 5.32 Å². The molecular formula is C12H18FN. The molecule has 0 aliphatic heterocycles. The Labute approximate surface area is 85.3 Å². The molecule has 0 unspecified atom stereocenters. The van der Waals surface area contributed by atoms with E-state index in [-0.39, 0.29) is 5.82 Å². The topological polar surface area (TPSA) is 12.0 Å². The van der Waals surface area contributed by atoms with Gasteiger partial charge in [-0.25, -0.2) is 4.39 Å². The van der Waals surface area contributed by atoms with Crippen molar-refractivity contribution in [1.82, 2.24) is 0 Å². The van der Waals surface area contributed by atoms with Crippen LogP contribution in [-0.4, -0.2) is 6.54 Å². The first-order valence-electron chi connectivity index (χ1n) is 5.25. The van der Waals surface area contributed by atoms with Crippen LogP contribution >= 0.6 is 0 Å². The number of halogens is 1. The molecule has 0 saturated carbocycles. The van der Waals surface area contributed by atoms with Crippen LogP contribution in [0.4, 0.5) is 10.1 Å². The van der Waals surface area contributed by atoms with Crippen molar-refractivity contribution < 1.29 is 4.39 Å². The fourth-order valence-corrected chi connectivity index (χ4v) is 1.41. The van der Waals surface area contributed by atoms with Crippen molar-refractivity contribution in [2.24, 2.45) is 5.92 Å². The summed E-state index contributed by atoms with van der Waals surface area (Å²) in [5, 5.41) is 3.31. The average Bonchev–Trinajstić information content (AvgIpc) is 2.22. The van der Waals surface area contributed by atoms with Gasteiger partial charge in [0.1, 0.15) is 5.82 Å². The molecule has 0 bridgehead atoms. The summed E-state index contributed by atoms with van der Waals surface area (Å²) in [4.78, 5) is 0. The SMILES string of the molecule is CCC(CC)CNc1ccc(F)cc1. The lowest BCUT2D eigenvalue weighted by atomic mass is 10.0. The minimum atomic E-state index is -0.182. The van der Waals surface area contributed by atoms with Crippen LogP contribution in [0, 0.1) is 11.7 Å². The van der Waals surface area contributed by atoms with E-state index in [1.165, 1.54) is 25.0 Å². The molecule has 0 amide bonds. The summed E-state index contributed by atoms with van der Waals surface area (Å²) < 4.78 is 12.6. The Bertz CT molecular complexity index is 252. The fraction of sp³-hybridized carbons (Fsp3) is 0.500. The van der Waals surface area contributed by atoms with Crippen LogP contribution in [0.15, 0.2) is 24.3 Å².